The van der Waals surface area contributed by atoms with Crippen LogP contribution in [0, 0.1) is 17.8 Å². The van der Waals surface area contributed by atoms with Crippen molar-refractivity contribution in [2.75, 3.05) is 13.7 Å². The molecule has 6 heteroatoms. The van der Waals surface area contributed by atoms with Gasteiger partial charge in [-0.15, -0.1) is 11.3 Å². The van der Waals surface area contributed by atoms with Gasteiger partial charge in [0.05, 0.1) is 6.10 Å². The van der Waals surface area contributed by atoms with E-state index in [4.69, 9.17) is 9.47 Å². The summed E-state index contributed by atoms with van der Waals surface area (Å²) in [5.74, 6) is 2.13. The van der Waals surface area contributed by atoms with Crippen LogP contribution in [0.25, 0.3) is 10.1 Å². The van der Waals surface area contributed by atoms with Crippen molar-refractivity contribution in [3.05, 3.63) is 29.1 Å². The molecule has 1 amide bonds. The number of rotatable bonds is 7. The van der Waals surface area contributed by atoms with Crippen LogP contribution in [0.4, 0.5) is 4.79 Å². The molecule has 1 aliphatic rings. The van der Waals surface area contributed by atoms with Gasteiger partial charge in [0.2, 0.25) is 0 Å². The topological polar surface area (TPSA) is 59.0 Å². The van der Waals surface area contributed by atoms with Crippen LogP contribution in [0.5, 0.6) is 5.75 Å². The average molecular weight is 434 g/mol. The van der Waals surface area contributed by atoms with Gasteiger partial charge >= 0.3 is 6.09 Å². The first-order valence-corrected chi connectivity index (χ1v) is 11.8. The lowest BCUT2D eigenvalue weighted by atomic mass is 9.81. The number of nitrogens with zero attached hydrogens (tertiary/aromatic N) is 1. The molecule has 30 heavy (non-hydrogen) atoms. The van der Waals surface area contributed by atoms with E-state index in [1.54, 1.807) is 23.3 Å². The number of hydrogen-bond donors (Lipinski definition) is 1. The summed E-state index contributed by atoms with van der Waals surface area (Å²) in [7, 11) is 1.79. The number of aliphatic hydroxyl groups excluding tert-OH is 1. The van der Waals surface area contributed by atoms with Gasteiger partial charge in [-0.05, 0) is 62.1 Å². The third-order valence-electron chi connectivity index (χ3n) is 6.32. The molecule has 3 rings (SSSR count). The molecule has 166 valence electrons. The summed E-state index contributed by atoms with van der Waals surface area (Å²) in [5, 5.41) is 10.6. The minimum Gasteiger partial charge on any atom is -0.490 e. The normalized spacial score (nSPS) is 22.8. The molecule has 0 bridgehead atoms. The predicted octanol–water partition coefficient (Wildman–Crippen LogP) is 5.69. The summed E-state index contributed by atoms with van der Waals surface area (Å²) in [6.07, 6.45) is 2.81. The molecule has 0 aliphatic heterocycles. The number of carbonyl (C=O) groups excluding carboxylic acids is 1. The summed E-state index contributed by atoms with van der Waals surface area (Å²) in [4.78, 5) is 15.0. The van der Waals surface area contributed by atoms with Crippen molar-refractivity contribution in [2.45, 2.75) is 65.7 Å². The standard InChI is InChI=1S/C24H35NO4S/c1-15(2)17(4)25(5)24(27)28-14-20-12-21-22(7-6-8-23(21)30-20)29-19-10-16(3)9-18(11-19)13-26/h6-8,12,15-19,26H,9-11,13-14H2,1-5H3. The molecule has 1 N–H and O–H groups in total. The van der Waals surface area contributed by atoms with E-state index < -0.39 is 0 Å². The van der Waals surface area contributed by atoms with Crippen LogP contribution in [0.15, 0.2) is 24.3 Å². The minimum atomic E-state index is -0.295. The van der Waals surface area contributed by atoms with Crippen LogP contribution in [0.2, 0.25) is 0 Å². The molecule has 1 aromatic carbocycles. The number of fused-ring (bicyclic) bond motifs is 1. The molecule has 1 saturated carbocycles. The molecule has 1 heterocycles. The quantitative estimate of drug-likeness (QED) is 0.609. The van der Waals surface area contributed by atoms with Crippen LogP contribution in [0.3, 0.4) is 0 Å². The van der Waals surface area contributed by atoms with E-state index in [0.29, 0.717) is 17.8 Å². The monoisotopic (exact) mass is 433 g/mol. The van der Waals surface area contributed by atoms with Gasteiger partial charge in [0.1, 0.15) is 12.4 Å². The van der Waals surface area contributed by atoms with Crippen molar-refractivity contribution < 1.29 is 19.4 Å². The molecule has 1 aromatic heterocycles. The van der Waals surface area contributed by atoms with E-state index in [1.807, 2.05) is 19.1 Å². The molecule has 4 unspecified atom stereocenters. The summed E-state index contributed by atoms with van der Waals surface area (Å²) in [6, 6.07) is 8.30. The lowest BCUT2D eigenvalue weighted by molar-refractivity contribution is 0.0688. The van der Waals surface area contributed by atoms with Gasteiger partial charge in [0, 0.05) is 34.7 Å². The highest BCUT2D eigenvalue weighted by molar-refractivity contribution is 7.19. The fourth-order valence-electron chi connectivity index (χ4n) is 4.21. The molecule has 0 spiro atoms. The van der Waals surface area contributed by atoms with Gasteiger partial charge in [-0.1, -0.05) is 26.8 Å². The van der Waals surface area contributed by atoms with Crippen LogP contribution >= 0.6 is 11.3 Å². The third-order valence-corrected chi connectivity index (χ3v) is 7.40. The largest absolute Gasteiger partial charge is 0.490 e. The fourth-order valence-corrected chi connectivity index (χ4v) is 5.21. The summed E-state index contributed by atoms with van der Waals surface area (Å²) >= 11 is 1.63. The maximum absolute atomic E-state index is 12.4. The summed E-state index contributed by atoms with van der Waals surface area (Å²) in [5.41, 5.74) is 0. The van der Waals surface area contributed by atoms with Crippen molar-refractivity contribution >= 4 is 27.5 Å². The predicted molar refractivity (Wildman–Crippen MR) is 122 cm³/mol. The van der Waals surface area contributed by atoms with Crippen molar-refractivity contribution in [1.29, 1.82) is 0 Å². The van der Waals surface area contributed by atoms with Gasteiger partial charge < -0.3 is 19.5 Å². The summed E-state index contributed by atoms with van der Waals surface area (Å²) < 4.78 is 13.1. The molecular weight excluding hydrogens is 398 g/mol. The highest BCUT2D eigenvalue weighted by Crippen LogP contribution is 2.37. The Kier molecular flexibility index (Phi) is 7.64. The van der Waals surface area contributed by atoms with E-state index >= 15 is 0 Å². The number of benzene rings is 1. The number of thiophene rings is 1. The Morgan fingerprint density at radius 2 is 2.03 bits per heavy atom. The van der Waals surface area contributed by atoms with Crippen molar-refractivity contribution in [3.8, 4) is 5.75 Å². The first kappa shape index (κ1) is 22.9. The number of aliphatic hydroxyl groups is 1. The Bertz CT molecular complexity index is 849. The van der Waals surface area contributed by atoms with Crippen LogP contribution in [0.1, 0.15) is 51.8 Å². The number of amides is 1. The minimum absolute atomic E-state index is 0.126. The van der Waals surface area contributed by atoms with Crippen LogP contribution < -0.4 is 4.74 Å². The van der Waals surface area contributed by atoms with Gasteiger partial charge in [-0.2, -0.15) is 0 Å². The Morgan fingerprint density at radius 1 is 1.27 bits per heavy atom. The van der Waals surface area contributed by atoms with E-state index in [9.17, 15) is 9.90 Å². The van der Waals surface area contributed by atoms with E-state index in [0.717, 1.165) is 40.0 Å². The molecule has 0 saturated heterocycles. The second kappa shape index (κ2) is 10.0. The first-order chi connectivity index (χ1) is 14.3. The second-order valence-electron chi connectivity index (χ2n) is 9.13. The summed E-state index contributed by atoms with van der Waals surface area (Å²) in [6.45, 7) is 8.94. The lowest BCUT2D eigenvalue weighted by Crippen LogP contribution is -2.38. The zero-order valence-corrected chi connectivity index (χ0v) is 19.6. The molecule has 5 nitrogen and oxygen atoms in total. The van der Waals surface area contributed by atoms with Gasteiger partial charge in [-0.3, -0.25) is 0 Å². The zero-order valence-electron chi connectivity index (χ0n) is 18.8. The molecule has 4 atom stereocenters. The van der Waals surface area contributed by atoms with Gasteiger partial charge in [-0.25, -0.2) is 4.79 Å². The van der Waals surface area contributed by atoms with E-state index in [2.05, 4.69) is 32.9 Å². The molecular formula is C24H35NO4S. The Hall–Kier alpha value is -1.79. The second-order valence-corrected chi connectivity index (χ2v) is 10.3. The molecule has 1 fully saturated rings. The number of carbonyl (C=O) groups is 1. The van der Waals surface area contributed by atoms with Crippen molar-refractivity contribution in [3.63, 3.8) is 0 Å². The van der Waals surface area contributed by atoms with Crippen LogP contribution in [-0.2, 0) is 11.3 Å². The SMILES string of the molecule is CC1CC(CO)CC(Oc2cccc3sc(COC(=O)N(C)C(C)C(C)C)cc23)C1. The molecule has 0 radical (unpaired) electrons. The number of hydrogen-bond acceptors (Lipinski definition) is 5. The van der Waals surface area contributed by atoms with E-state index in [-0.39, 0.29) is 31.5 Å². The number of ether oxygens (including phenoxy) is 2. The van der Waals surface area contributed by atoms with E-state index in [1.165, 1.54) is 0 Å². The first-order valence-electron chi connectivity index (χ1n) is 11.0. The Morgan fingerprint density at radius 3 is 2.73 bits per heavy atom. The van der Waals surface area contributed by atoms with Crippen LogP contribution in [-0.4, -0.2) is 41.9 Å². The highest BCUT2D eigenvalue weighted by atomic mass is 32.1. The Labute approximate surface area is 184 Å². The lowest BCUT2D eigenvalue weighted by Gasteiger charge is -2.32. The third kappa shape index (κ3) is 5.46. The van der Waals surface area contributed by atoms with Crippen molar-refractivity contribution in [1.82, 2.24) is 4.90 Å². The van der Waals surface area contributed by atoms with Crippen molar-refractivity contribution in [2.24, 2.45) is 17.8 Å². The molecule has 2 aromatic rings. The van der Waals surface area contributed by atoms with Gasteiger partial charge in [0.15, 0.2) is 0 Å². The maximum Gasteiger partial charge on any atom is 0.410 e. The smallest absolute Gasteiger partial charge is 0.410 e. The fraction of sp³-hybridized carbons (Fsp3) is 0.625. The average Bonchev–Trinajstić information content (AvgIpc) is 3.14. The zero-order chi connectivity index (χ0) is 21.8. The highest BCUT2D eigenvalue weighted by Gasteiger charge is 2.28. The van der Waals surface area contributed by atoms with Gasteiger partial charge in [0.25, 0.3) is 0 Å². The maximum atomic E-state index is 12.4. The Balaban J connectivity index is 1.67. The molecule has 1 aliphatic carbocycles.